The van der Waals surface area contributed by atoms with Gasteiger partial charge in [0.1, 0.15) is 18.9 Å². The Morgan fingerprint density at radius 1 is 0.905 bits per heavy atom. The van der Waals surface area contributed by atoms with Crippen LogP contribution < -0.4 is 4.74 Å². The van der Waals surface area contributed by atoms with Crippen LogP contribution in [0.1, 0.15) is 59.5 Å². The number of fused-ring (bicyclic) bond motifs is 1. The Bertz CT molecular complexity index is 1600. The van der Waals surface area contributed by atoms with Gasteiger partial charge in [0.15, 0.2) is 0 Å². The SMILES string of the molecule is O=C(O)c1ccc2c(C3CCCCC3)c(-c3ccc(OCc4ccccc4)cc3)n(CC(=O)N3CCS(=O)CC3)c2c1. The number of benzene rings is 3. The first-order valence-electron chi connectivity index (χ1n) is 14.8. The second-order valence-electron chi connectivity index (χ2n) is 11.2. The number of ether oxygens (including phenoxy) is 1. The van der Waals surface area contributed by atoms with Crippen LogP contribution in [-0.2, 0) is 28.7 Å². The van der Waals surface area contributed by atoms with E-state index in [4.69, 9.17) is 4.74 Å². The topological polar surface area (TPSA) is 88.8 Å². The van der Waals surface area contributed by atoms with Crippen LogP contribution in [0.4, 0.5) is 0 Å². The number of carboxylic acids is 1. The van der Waals surface area contributed by atoms with E-state index in [0.29, 0.717) is 37.1 Å². The molecule has 218 valence electrons. The normalized spacial score (nSPS) is 16.5. The fourth-order valence-electron chi connectivity index (χ4n) is 6.36. The largest absolute Gasteiger partial charge is 0.489 e. The van der Waals surface area contributed by atoms with Crippen LogP contribution in [0.2, 0.25) is 0 Å². The summed E-state index contributed by atoms with van der Waals surface area (Å²) in [5.74, 6) is 1.04. The zero-order valence-electron chi connectivity index (χ0n) is 23.7. The van der Waals surface area contributed by atoms with Gasteiger partial charge in [0, 0.05) is 40.8 Å². The predicted octanol–water partition coefficient (Wildman–Crippen LogP) is 6.22. The minimum absolute atomic E-state index is 0.0383. The van der Waals surface area contributed by atoms with Crippen molar-refractivity contribution in [3.05, 3.63) is 89.5 Å². The lowest BCUT2D eigenvalue weighted by Gasteiger charge is -2.27. The third-order valence-electron chi connectivity index (χ3n) is 8.56. The summed E-state index contributed by atoms with van der Waals surface area (Å²) in [7, 11) is -0.882. The second kappa shape index (κ2) is 12.5. The highest BCUT2D eigenvalue weighted by Crippen LogP contribution is 2.44. The summed E-state index contributed by atoms with van der Waals surface area (Å²) in [6.45, 7) is 1.52. The molecule has 1 amide bonds. The summed E-state index contributed by atoms with van der Waals surface area (Å²) in [5.41, 5.74) is 5.21. The first-order chi connectivity index (χ1) is 20.5. The zero-order chi connectivity index (χ0) is 29.1. The molecule has 1 aliphatic heterocycles. The molecule has 0 radical (unpaired) electrons. The van der Waals surface area contributed by atoms with Gasteiger partial charge < -0.3 is 19.3 Å². The van der Waals surface area contributed by atoms with Crippen LogP contribution in [0.5, 0.6) is 5.75 Å². The molecule has 0 spiro atoms. The molecule has 2 fully saturated rings. The molecule has 2 aliphatic rings. The van der Waals surface area contributed by atoms with E-state index in [1.54, 1.807) is 17.0 Å². The number of carbonyl (C=O) groups excluding carboxylic acids is 1. The van der Waals surface area contributed by atoms with Gasteiger partial charge in [-0.1, -0.05) is 55.7 Å². The number of nitrogens with zero attached hydrogens (tertiary/aromatic N) is 2. The van der Waals surface area contributed by atoms with E-state index in [1.807, 2.05) is 65.2 Å². The van der Waals surface area contributed by atoms with Gasteiger partial charge in [0.25, 0.3) is 0 Å². The van der Waals surface area contributed by atoms with Crippen molar-refractivity contribution in [3.63, 3.8) is 0 Å². The third-order valence-corrected chi connectivity index (χ3v) is 9.84. The molecule has 1 aliphatic carbocycles. The summed E-state index contributed by atoms with van der Waals surface area (Å²) in [5, 5.41) is 10.8. The van der Waals surface area contributed by atoms with Crippen LogP contribution in [0, 0.1) is 0 Å². The fourth-order valence-corrected chi connectivity index (χ4v) is 7.41. The number of rotatable bonds is 8. The fraction of sp³-hybridized carbons (Fsp3) is 0.353. The maximum Gasteiger partial charge on any atom is 0.335 e. The molecular formula is C34H36N2O5S. The molecule has 0 unspecified atom stereocenters. The minimum atomic E-state index is -0.991. The molecule has 1 saturated carbocycles. The Labute approximate surface area is 248 Å². The van der Waals surface area contributed by atoms with Crippen molar-refractivity contribution in [1.29, 1.82) is 0 Å². The summed E-state index contributed by atoms with van der Waals surface area (Å²) in [6, 6.07) is 23.4. The maximum atomic E-state index is 13.6. The van der Waals surface area contributed by atoms with Crippen molar-refractivity contribution < 1.29 is 23.6 Å². The molecule has 1 saturated heterocycles. The maximum absolute atomic E-state index is 13.6. The smallest absolute Gasteiger partial charge is 0.335 e. The molecule has 0 atom stereocenters. The quantitative estimate of drug-likeness (QED) is 0.266. The highest BCUT2D eigenvalue weighted by Gasteiger charge is 2.29. The van der Waals surface area contributed by atoms with Gasteiger partial charge >= 0.3 is 5.97 Å². The van der Waals surface area contributed by atoms with Gasteiger partial charge in [-0.3, -0.25) is 9.00 Å². The van der Waals surface area contributed by atoms with E-state index in [0.717, 1.165) is 59.2 Å². The molecule has 2 heterocycles. The predicted molar refractivity (Wildman–Crippen MR) is 165 cm³/mol. The number of aromatic nitrogens is 1. The van der Waals surface area contributed by atoms with E-state index < -0.39 is 16.8 Å². The highest BCUT2D eigenvalue weighted by atomic mass is 32.2. The van der Waals surface area contributed by atoms with Crippen LogP contribution in [0.25, 0.3) is 22.2 Å². The van der Waals surface area contributed by atoms with Crippen molar-refractivity contribution in [3.8, 4) is 17.0 Å². The Morgan fingerprint density at radius 2 is 1.62 bits per heavy atom. The van der Waals surface area contributed by atoms with Crippen LogP contribution in [0.3, 0.4) is 0 Å². The average Bonchev–Trinajstić information content (AvgIpc) is 3.34. The zero-order valence-corrected chi connectivity index (χ0v) is 24.5. The van der Waals surface area contributed by atoms with Gasteiger partial charge in [0.05, 0.1) is 16.8 Å². The first kappa shape index (κ1) is 28.2. The Morgan fingerprint density at radius 3 is 2.31 bits per heavy atom. The molecule has 7 nitrogen and oxygen atoms in total. The van der Waals surface area contributed by atoms with E-state index in [2.05, 4.69) is 0 Å². The van der Waals surface area contributed by atoms with Crippen molar-refractivity contribution in [2.75, 3.05) is 24.6 Å². The number of aromatic carboxylic acids is 1. The van der Waals surface area contributed by atoms with Gasteiger partial charge in [0.2, 0.25) is 5.91 Å². The summed E-state index contributed by atoms with van der Waals surface area (Å²) < 4.78 is 20.0. The molecule has 1 aromatic heterocycles. The monoisotopic (exact) mass is 584 g/mol. The van der Waals surface area contributed by atoms with Crippen LogP contribution in [-0.4, -0.2) is 55.3 Å². The van der Waals surface area contributed by atoms with Gasteiger partial charge in [-0.25, -0.2) is 4.79 Å². The standard InChI is InChI=1S/C34H36N2O5S/c37-31(35-17-19-42(40)20-18-35)22-36-30-21-27(34(38)39)13-16-29(30)32(25-9-5-2-6-10-25)33(36)26-11-14-28(15-12-26)41-23-24-7-3-1-4-8-24/h1,3-4,7-8,11-16,21,25H,2,5-6,9-10,17-20,22-23H2,(H,38,39). The van der Waals surface area contributed by atoms with Crippen molar-refractivity contribution in [2.45, 2.75) is 51.2 Å². The summed E-state index contributed by atoms with van der Waals surface area (Å²) >= 11 is 0. The summed E-state index contributed by atoms with van der Waals surface area (Å²) in [4.78, 5) is 27.4. The molecule has 1 N–H and O–H groups in total. The van der Waals surface area contributed by atoms with E-state index in [9.17, 15) is 18.9 Å². The van der Waals surface area contributed by atoms with E-state index in [1.165, 1.54) is 12.0 Å². The van der Waals surface area contributed by atoms with Crippen LogP contribution >= 0.6 is 0 Å². The molecule has 6 rings (SSSR count). The molecule has 8 heteroatoms. The lowest BCUT2D eigenvalue weighted by molar-refractivity contribution is -0.131. The van der Waals surface area contributed by atoms with Crippen LogP contribution in [0.15, 0.2) is 72.8 Å². The number of hydrogen-bond acceptors (Lipinski definition) is 4. The Balaban J connectivity index is 1.43. The van der Waals surface area contributed by atoms with E-state index >= 15 is 0 Å². The number of carboxylic acid groups (broad SMARTS) is 1. The highest BCUT2D eigenvalue weighted by molar-refractivity contribution is 7.85. The Hall–Kier alpha value is -3.91. The van der Waals surface area contributed by atoms with Crippen molar-refractivity contribution in [1.82, 2.24) is 9.47 Å². The molecule has 4 aromatic rings. The molecular weight excluding hydrogens is 548 g/mol. The lowest BCUT2D eigenvalue weighted by Crippen LogP contribution is -2.43. The summed E-state index contributed by atoms with van der Waals surface area (Å²) in [6.07, 6.45) is 5.66. The Kier molecular flexibility index (Phi) is 8.42. The van der Waals surface area contributed by atoms with Gasteiger partial charge in [-0.2, -0.15) is 0 Å². The number of amides is 1. The first-order valence-corrected chi connectivity index (χ1v) is 16.3. The van der Waals surface area contributed by atoms with E-state index in [-0.39, 0.29) is 18.0 Å². The minimum Gasteiger partial charge on any atom is -0.489 e. The second-order valence-corrected chi connectivity index (χ2v) is 12.9. The van der Waals surface area contributed by atoms with Crippen molar-refractivity contribution >= 4 is 33.6 Å². The van der Waals surface area contributed by atoms with Crippen molar-refractivity contribution in [2.24, 2.45) is 0 Å². The third kappa shape index (κ3) is 6.00. The number of hydrogen-bond donors (Lipinski definition) is 1. The lowest BCUT2D eigenvalue weighted by atomic mass is 9.82. The number of carbonyl (C=O) groups is 2. The van der Waals surface area contributed by atoms with Gasteiger partial charge in [-0.05, 0) is 71.8 Å². The average molecular weight is 585 g/mol. The molecule has 42 heavy (non-hydrogen) atoms. The van der Waals surface area contributed by atoms with Gasteiger partial charge in [-0.15, -0.1) is 0 Å². The molecule has 0 bridgehead atoms. The molecule has 3 aromatic carbocycles.